The Morgan fingerprint density at radius 3 is 2.65 bits per heavy atom. The van der Waals surface area contributed by atoms with Crippen LogP contribution >= 0.6 is 0 Å². The quantitative estimate of drug-likeness (QED) is 0.841. The average Bonchev–Trinajstić information content (AvgIpc) is 2.43. The van der Waals surface area contributed by atoms with Crippen LogP contribution in [0.4, 0.5) is 0 Å². The molecule has 4 heteroatoms. The van der Waals surface area contributed by atoms with Crippen LogP contribution in [0.5, 0.6) is 0 Å². The van der Waals surface area contributed by atoms with Crippen LogP contribution in [0.2, 0.25) is 0 Å². The van der Waals surface area contributed by atoms with Gasteiger partial charge in [-0.3, -0.25) is 4.90 Å². The largest absolute Gasteiger partial charge is 0.376 e. The Balaban J connectivity index is 1.88. The van der Waals surface area contributed by atoms with Crippen molar-refractivity contribution in [2.75, 3.05) is 13.2 Å². The molecule has 1 aliphatic rings. The van der Waals surface area contributed by atoms with Crippen molar-refractivity contribution in [3.8, 4) is 0 Å². The number of morpholine rings is 1. The standard InChI is InChI=1S/C16H21N3O/c1-11-10-20-12(2)8-19(11)9-16-13(3)17-14-6-4-5-7-15(14)18-16/h4-7,11-12H,8-10H2,1-3H3/t11-,12-/m0/s1. The number of hydrogen-bond donors (Lipinski definition) is 0. The molecule has 1 aliphatic heterocycles. The molecule has 106 valence electrons. The van der Waals surface area contributed by atoms with E-state index in [1.165, 1.54) is 0 Å². The highest BCUT2D eigenvalue weighted by Crippen LogP contribution is 2.18. The first-order chi connectivity index (χ1) is 9.63. The molecular formula is C16H21N3O. The Hall–Kier alpha value is -1.52. The number of hydrogen-bond acceptors (Lipinski definition) is 4. The lowest BCUT2D eigenvalue weighted by molar-refractivity contribution is -0.0531. The molecule has 2 aromatic rings. The van der Waals surface area contributed by atoms with Gasteiger partial charge in [0, 0.05) is 19.1 Å². The SMILES string of the molecule is Cc1nc2ccccc2nc1CN1C[C@H](C)OC[C@@H]1C. The normalized spacial score (nSPS) is 24.1. The molecule has 0 spiro atoms. The molecule has 0 radical (unpaired) electrons. The van der Waals surface area contributed by atoms with Gasteiger partial charge in [-0.2, -0.15) is 0 Å². The predicted molar refractivity (Wildman–Crippen MR) is 79.6 cm³/mol. The number of aromatic nitrogens is 2. The minimum atomic E-state index is 0.292. The van der Waals surface area contributed by atoms with Crippen molar-refractivity contribution in [3.63, 3.8) is 0 Å². The third-order valence-corrected chi connectivity index (χ3v) is 3.93. The van der Waals surface area contributed by atoms with Crippen LogP contribution in [0.1, 0.15) is 25.2 Å². The third kappa shape index (κ3) is 2.67. The Kier molecular flexibility index (Phi) is 3.68. The van der Waals surface area contributed by atoms with Gasteiger partial charge in [0.15, 0.2) is 0 Å². The fraction of sp³-hybridized carbons (Fsp3) is 0.500. The molecule has 0 amide bonds. The summed E-state index contributed by atoms with van der Waals surface area (Å²) in [7, 11) is 0. The molecule has 3 rings (SSSR count). The second-order valence-electron chi connectivity index (χ2n) is 5.67. The van der Waals surface area contributed by atoms with Crippen molar-refractivity contribution in [3.05, 3.63) is 35.7 Å². The molecular weight excluding hydrogens is 250 g/mol. The van der Waals surface area contributed by atoms with Gasteiger partial charge < -0.3 is 4.74 Å². The lowest BCUT2D eigenvalue weighted by atomic mass is 10.1. The number of para-hydroxylation sites is 2. The predicted octanol–water partition coefficient (Wildman–Crippen LogP) is 2.55. The number of rotatable bonds is 2. The van der Waals surface area contributed by atoms with E-state index in [0.717, 1.165) is 42.1 Å². The highest BCUT2D eigenvalue weighted by molar-refractivity contribution is 5.74. The van der Waals surface area contributed by atoms with Crippen LogP contribution in [0.25, 0.3) is 11.0 Å². The van der Waals surface area contributed by atoms with E-state index in [4.69, 9.17) is 9.72 Å². The van der Waals surface area contributed by atoms with Crippen LogP contribution in [0.15, 0.2) is 24.3 Å². The van der Waals surface area contributed by atoms with Crippen LogP contribution in [-0.2, 0) is 11.3 Å². The Morgan fingerprint density at radius 2 is 1.90 bits per heavy atom. The molecule has 1 aromatic carbocycles. The number of ether oxygens (including phenoxy) is 1. The number of nitrogens with zero attached hydrogens (tertiary/aromatic N) is 3. The summed E-state index contributed by atoms with van der Waals surface area (Å²) in [6, 6.07) is 8.48. The minimum Gasteiger partial charge on any atom is -0.376 e. The van der Waals surface area contributed by atoms with Gasteiger partial charge in [0.1, 0.15) is 0 Å². The maximum absolute atomic E-state index is 5.68. The molecule has 0 bridgehead atoms. The van der Waals surface area contributed by atoms with E-state index in [0.29, 0.717) is 12.1 Å². The Bertz CT molecular complexity index is 614. The summed E-state index contributed by atoms with van der Waals surface area (Å²) < 4.78 is 5.68. The number of fused-ring (bicyclic) bond motifs is 1. The average molecular weight is 271 g/mol. The van der Waals surface area contributed by atoms with Crippen molar-refractivity contribution >= 4 is 11.0 Å². The van der Waals surface area contributed by atoms with Crippen molar-refractivity contribution in [1.82, 2.24) is 14.9 Å². The minimum absolute atomic E-state index is 0.292. The van der Waals surface area contributed by atoms with Gasteiger partial charge in [-0.05, 0) is 32.9 Å². The van der Waals surface area contributed by atoms with Gasteiger partial charge >= 0.3 is 0 Å². The molecule has 1 fully saturated rings. The first kappa shape index (κ1) is 13.5. The zero-order valence-corrected chi connectivity index (χ0v) is 12.3. The van der Waals surface area contributed by atoms with E-state index >= 15 is 0 Å². The first-order valence-electron chi connectivity index (χ1n) is 7.21. The summed E-state index contributed by atoms with van der Waals surface area (Å²) in [4.78, 5) is 11.9. The van der Waals surface area contributed by atoms with E-state index in [9.17, 15) is 0 Å². The van der Waals surface area contributed by atoms with Gasteiger partial charge in [0.05, 0.1) is 35.1 Å². The molecule has 0 saturated carbocycles. The Morgan fingerprint density at radius 1 is 1.20 bits per heavy atom. The molecule has 20 heavy (non-hydrogen) atoms. The fourth-order valence-corrected chi connectivity index (χ4v) is 2.66. The fourth-order valence-electron chi connectivity index (χ4n) is 2.66. The molecule has 0 aliphatic carbocycles. The number of aryl methyl sites for hydroxylation is 1. The van der Waals surface area contributed by atoms with E-state index in [1.807, 2.05) is 31.2 Å². The van der Waals surface area contributed by atoms with Gasteiger partial charge in [0.25, 0.3) is 0 Å². The summed E-state index contributed by atoms with van der Waals surface area (Å²) in [6.45, 7) is 8.96. The van der Waals surface area contributed by atoms with Crippen LogP contribution in [0, 0.1) is 6.92 Å². The van der Waals surface area contributed by atoms with Crippen molar-refractivity contribution in [2.24, 2.45) is 0 Å². The molecule has 0 N–H and O–H groups in total. The zero-order chi connectivity index (χ0) is 14.1. The lowest BCUT2D eigenvalue weighted by Gasteiger charge is -2.36. The highest BCUT2D eigenvalue weighted by atomic mass is 16.5. The van der Waals surface area contributed by atoms with Crippen molar-refractivity contribution in [1.29, 1.82) is 0 Å². The summed E-state index contributed by atoms with van der Waals surface area (Å²) in [5.41, 5.74) is 4.04. The topological polar surface area (TPSA) is 38.2 Å². The Labute approximate surface area is 119 Å². The van der Waals surface area contributed by atoms with Gasteiger partial charge in [-0.1, -0.05) is 12.1 Å². The van der Waals surface area contributed by atoms with Gasteiger partial charge in [-0.25, -0.2) is 9.97 Å². The van der Waals surface area contributed by atoms with Gasteiger partial charge in [-0.15, -0.1) is 0 Å². The maximum Gasteiger partial charge on any atom is 0.0890 e. The monoisotopic (exact) mass is 271 g/mol. The smallest absolute Gasteiger partial charge is 0.0890 e. The second-order valence-corrected chi connectivity index (χ2v) is 5.67. The second kappa shape index (κ2) is 5.46. The van der Waals surface area contributed by atoms with Gasteiger partial charge in [0.2, 0.25) is 0 Å². The van der Waals surface area contributed by atoms with Crippen LogP contribution in [0.3, 0.4) is 0 Å². The van der Waals surface area contributed by atoms with E-state index in [2.05, 4.69) is 23.7 Å². The molecule has 1 saturated heterocycles. The highest BCUT2D eigenvalue weighted by Gasteiger charge is 2.24. The summed E-state index contributed by atoms with van der Waals surface area (Å²) in [5.74, 6) is 0. The molecule has 2 atom stereocenters. The summed E-state index contributed by atoms with van der Waals surface area (Å²) >= 11 is 0. The zero-order valence-electron chi connectivity index (χ0n) is 12.3. The summed E-state index contributed by atoms with van der Waals surface area (Å²) in [5, 5.41) is 0. The molecule has 0 unspecified atom stereocenters. The lowest BCUT2D eigenvalue weighted by Crippen LogP contribution is -2.46. The van der Waals surface area contributed by atoms with Crippen molar-refractivity contribution in [2.45, 2.75) is 39.5 Å². The van der Waals surface area contributed by atoms with E-state index in [-0.39, 0.29) is 0 Å². The first-order valence-corrected chi connectivity index (χ1v) is 7.21. The molecule has 2 heterocycles. The number of benzene rings is 1. The van der Waals surface area contributed by atoms with Crippen LogP contribution < -0.4 is 0 Å². The van der Waals surface area contributed by atoms with Crippen molar-refractivity contribution < 1.29 is 4.74 Å². The maximum atomic E-state index is 5.68. The van der Waals surface area contributed by atoms with Crippen LogP contribution in [-0.4, -0.2) is 40.2 Å². The van der Waals surface area contributed by atoms with E-state index < -0.39 is 0 Å². The summed E-state index contributed by atoms with van der Waals surface area (Å²) in [6.07, 6.45) is 0.292. The van der Waals surface area contributed by atoms with E-state index in [1.54, 1.807) is 0 Å². The molecule has 1 aromatic heterocycles. The molecule has 4 nitrogen and oxygen atoms in total. The third-order valence-electron chi connectivity index (χ3n) is 3.93.